The fourth-order valence-corrected chi connectivity index (χ4v) is 3.04. The van der Waals surface area contributed by atoms with Crippen LogP contribution >= 0.6 is 11.6 Å². The van der Waals surface area contributed by atoms with Crippen molar-refractivity contribution < 1.29 is 18.7 Å². The predicted octanol–water partition coefficient (Wildman–Crippen LogP) is 5.40. The summed E-state index contributed by atoms with van der Waals surface area (Å²) in [6.07, 6.45) is 1.56. The first-order valence-corrected chi connectivity index (χ1v) is 9.22. The van der Waals surface area contributed by atoms with E-state index in [1.807, 2.05) is 30.3 Å². The zero-order chi connectivity index (χ0) is 20.2. The average Bonchev–Trinajstić information content (AvgIpc) is 3.08. The van der Waals surface area contributed by atoms with Crippen LogP contribution in [0, 0.1) is 5.82 Å². The second kappa shape index (κ2) is 8.29. The third kappa shape index (κ3) is 4.36. The van der Waals surface area contributed by atoms with Crippen LogP contribution < -0.4 is 4.74 Å². The quantitative estimate of drug-likeness (QED) is 0.420. The lowest BCUT2D eigenvalue weighted by molar-refractivity contribution is -0.129. The molecule has 0 N–H and O–H groups in total. The molecule has 4 nitrogen and oxygen atoms in total. The van der Waals surface area contributed by atoms with E-state index in [0.29, 0.717) is 22.9 Å². The minimum Gasteiger partial charge on any atom is -0.488 e. The van der Waals surface area contributed by atoms with Gasteiger partial charge in [0.1, 0.15) is 18.2 Å². The highest BCUT2D eigenvalue weighted by atomic mass is 35.5. The Labute approximate surface area is 171 Å². The van der Waals surface area contributed by atoms with E-state index in [2.05, 4.69) is 4.99 Å². The molecule has 29 heavy (non-hydrogen) atoms. The molecule has 4 rings (SSSR count). The van der Waals surface area contributed by atoms with E-state index in [4.69, 9.17) is 21.1 Å². The first-order chi connectivity index (χ1) is 14.1. The Morgan fingerprint density at radius 2 is 1.83 bits per heavy atom. The molecule has 0 saturated carbocycles. The van der Waals surface area contributed by atoms with E-state index in [-0.39, 0.29) is 17.2 Å². The molecule has 1 heterocycles. The Morgan fingerprint density at radius 3 is 2.66 bits per heavy atom. The topological polar surface area (TPSA) is 47.9 Å². The molecule has 0 aromatic heterocycles. The number of aliphatic imine (C=N–C) groups is 1. The Morgan fingerprint density at radius 1 is 1.03 bits per heavy atom. The molecule has 0 radical (unpaired) electrons. The highest BCUT2D eigenvalue weighted by Crippen LogP contribution is 2.26. The standard InChI is InChI=1S/C23H15ClFNO3/c24-17-8-5-6-15(12-17)14-28-21-11-4-1-7-16(21)13-20-23(27)29-22(26-20)18-9-2-3-10-19(18)25/h1-13H,14H2/b20-13-. The van der Waals surface area contributed by atoms with Crippen LogP contribution in [0.15, 0.2) is 83.5 Å². The average molecular weight is 408 g/mol. The monoisotopic (exact) mass is 407 g/mol. The van der Waals surface area contributed by atoms with Crippen molar-refractivity contribution in [3.63, 3.8) is 0 Å². The zero-order valence-corrected chi connectivity index (χ0v) is 15.9. The SMILES string of the molecule is O=C1OC(c2ccccc2F)=N/C1=C\c1ccccc1OCc1cccc(Cl)c1. The molecule has 0 saturated heterocycles. The molecule has 0 aliphatic carbocycles. The normalized spacial score (nSPS) is 14.6. The lowest BCUT2D eigenvalue weighted by Gasteiger charge is -2.09. The van der Waals surface area contributed by atoms with Crippen LogP contribution in [0.25, 0.3) is 6.08 Å². The Kier molecular flexibility index (Phi) is 5.40. The second-order valence-electron chi connectivity index (χ2n) is 6.27. The number of esters is 1. The largest absolute Gasteiger partial charge is 0.488 e. The maximum absolute atomic E-state index is 14.0. The molecule has 0 unspecified atom stereocenters. The van der Waals surface area contributed by atoms with Crippen LogP contribution in [-0.2, 0) is 16.1 Å². The number of carbonyl (C=O) groups is 1. The third-order valence-electron chi connectivity index (χ3n) is 4.22. The Balaban J connectivity index is 1.60. The molecule has 0 fully saturated rings. The van der Waals surface area contributed by atoms with Gasteiger partial charge in [0, 0.05) is 10.6 Å². The lowest BCUT2D eigenvalue weighted by Crippen LogP contribution is -2.07. The van der Waals surface area contributed by atoms with Gasteiger partial charge in [-0.25, -0.2) is 14.2 Å². The van der Waals surface area contributed by atoms with Gasteiger partial charge in [-0.1, -0.05) is 54.1 Å². The maximum Gasteiger partial charge on any atom is 0.363 e. The van der Waals surface area contributed by atoms with Crippen molar-refractivity contribution in [1.29, 1.82) is 0 Å². The van der Waals surface area contributed by atoms with E-state index in [9.17, 15) is 9.18 Å². The Hall–Kier alpha value is -3.44. The number of nitrogens with zero attached hydrogens (tertiary/aromatic N) is 1. The first kappa shape index (κ1) is 18.9. The number of halogens is 2. The highest BCUT2D eigenvalue weighted by molar-refractivity contribution is 6.30. The van der Waals surface area contributed by atoms with Crippen LogP contribution in [0.3, 0.4) is 0 Å². The lowest BCUT2D eigenvalue weighted by atomic mass is 10.1. The van der Waals surface area contributed by atoms with Crippen molar-refractivity contribution in [2.75, 3.05) is 0 Å². The van der Waals surface area contributed by atoms with E-state index >= 15 is 0 Å². The molecule has 144 valence electrons. The number of ether oxygens (including phenoxy) is 2. The van der Waals surface area contributed by atoms with Crippen LogP contribution in [0.4, 0.5) is 4.39 Å². The minimum atomic E-state index is -0.645. The summed E-state index contributed by atoms with van der Waals surface area (Å²) in [5, 5.41) is 0.630. The molecule has 3 aromatic rings. The molecule has 0 amide bonds. The van der Waals surface area contributed by atoms with Crippen LogP contribution in [0.2, 0.25) is 5.02 Å². The van der Waals surface area contributed by atoms with Crippen molar-refractivity contribution in [2.45, 2.75) is 6.61 Å². The summed E-state index contributed by atoms with van der Waals surface area (Å²) >= 11 is 6.00. The van der Waals surface area contributed by atoms with Crippen LogP contribution in [-0.4, -0.2) is 11.9 Å². The molecule has 6 heteroatoms. The van der Waals surface area contributed by atoms with Crippen molar-refractivity contribution in [3.05, 3.63) is 106 Å². The zero-order valence-electron chi connectivity index (χ0n) is 15.1. The summed E-state index contributed by atoms with van der Waals surface area (Å²) in [6.45, 7) is 0.314. The number of cyclic esters (lactones) is 1. The van der Waals surface area contributed by atoms with Crippen molar-refractivity contribution in [2.24, 2.45) is 4.99 Å². The molecule has 1 aliphatic rings. The van der Waals surface area contributed by atoms with E-state index < -0.39 is 11.8 Å². The van der Waals surface area contributed by atoms with Gasteiger partial charge in [-0.15, -0.1) is 0 Å². The van der Waals surface area contributed by atoms with Gasteiger partial charge in [0.2, 0.25) is 5.90 Å². The minimum absolute atomic E-state index is 0.0586. The first-order valence-electron chi connectivity index (χ1n) is 8.84. The number of benzene rings is 3. The van der Waals surface area contributed by atoms with E-state index in [1.165, 1.54) is 12.1 Å². The number of hydrogen-bond donors (Lipinski definition) is 0. The predicted molar refractivity (Wildman–Crippen MR) is 109 cm³/mol. The van der Waals surface area contributed by atoms with Crippen molar-refractivity contribution in [3.8, 4) is 5.75 Å². The fourth-order valence-electron chi connectivity index (χ4n) is 2.83. The maximum atomic E-state index is 14.0. The van der Waals surface area contributed by atoms with Crippen LogP contribution in [0.5, 0.6) is 5.75 Å². The van der Waals surface area contributed by atoms with E-state index in [1.54, 1.807) is 36.4 Å². The number of para-hydroxylation sites is 1. The summed E-state index contributed by atoms with van der Waals surface area (Å²) in [7, 11) is 0. The highest BCUT2D eigenvalue weighted by Gasteiger charge is 2.26. The van der Waals surface area contributed by atoms with Gasteiger partial charge in [-0.3, -0.25) is 0 Å². The molecule has 0 bridgehead atoms. The summed E-state index contributed by atoms with van der Waals surface area (Å²) < 4.78 is 25.0. The van der Waals surface area contributed by atoms with Crippen LogP contribution in [0.1, 0.15) is 16.7 Å². The van der Waals surface area contributed by atoms with Gasteiger partial charge < -0.3 is 9.47 Å². The van der Waals surface area contributed by atoms with Crippen molar-refractivity contribution in [1.82, 2.24) is 0 Å². The molecular weight excluding hydrogens is 393 g/mol. The summed E-state index contributed by atoms with van der Waals surface area (Å²) in [5.74, 6) is -0.641. The van der Waals surface area contributed by atoms with Gasteiger partial charge >= 0.3 is 5.97 Å². The van der Waals surface area contributed by atoms with Gasteiger partial charge in [-0.2, -0.15) is 0 Å². The Bertz CT molecular complexity index is 1140. The number of carbonyl (C=O) groups excluding carboxylic acids is 1. The molecule has 0 spiro atoms. The second-order valence-corrected chi connectivity index (χ2v) is 6.71. The molecule has 3 aromatic carbocycles. The summed E-state index contributed by atoms with van der Waals surface area (Å²) in [5.41, 5.74) is 1.77. The van der Waals surface area contributed by atoms with Gasteiger partial charge in [0.05, 0.1) is 5.56 Å². The van der Waals surface area contributed by atoms with Gasteiger partial charge in [0.15, 0.2) is 5.70 Å². The van der Waals surface area contributed by atoms with Gasteiger partial charge in [-0.05, 0) is 42.0 Å². The smallest absolute Gasteiger partial charge is 0.363 e. The van der Waals surface area contributed by atoms with Gasteiger partial charge in [0.25, 0.3) is 0 Å². The summed E-state index contributed by atoms with van der Waals surface area (Å²) in [4.78, 5) is 16.4. The fraction of sp³-hybridized carbons (Fsp3) is 0.0435. The summed E-state index contributed by atoms with van der Waals surface area (Å²) in [6, 6.07) is 20.6. The molecule has 0 atom stereocenters. The van der Waals surface area contributed by atoms with E-state index in [0.717, 1.165) is 5.56 Å². The third-order valence-corrected chi connectivity index (χ3v) is 4.45. The molecule has 1 aliphatic heterocycles. The number of rotatable bonds is 5. The molecular formula is C23H15ClFNO3. The van der Waals surface area contributed by atoms with Crippen molar-refractivity contribution >= 4 is 29.5 Å². The number of hydrogen-bond acceptors (Lipinski definition) is 4.